The van der Waals surface area contributed by atoms with E-state index in [1.165, 1.54) is 0 Å². The van der Waals surface area contributed by atoms with Crippen molar-refractivity contribution in [1.82, 2.24) is 9.55 Å². The number of pyridine rings is 2. The third-order valence-corrected chi connectivity index (χ3v) is 5.50. The number of benzene rings is 1. The van der Waals surface area contributed by atoms with E-state index >= 15 is 0 Å². The van der Waals surface area contributed by atoms with E-state index in [0.29, 0.717) is 24.3 Å². The highest BCUT2D eigenvalue weighted by atomic mass is 16.5. The zero-order valence-electron chi connectivity index (χ0n) is 18.6. The molecule has 2 aromatic heterocycles. The lowest BCUT2D eigenvalue weighted by Crippen LogP contribution is -2.26. The number of hydrogen-bond donors (Lipinski definition) is 1. The maximum absolute atomic E-state index is 13.2. The molecule has 7 nitrogen and oxygen atoms in total. The van der Waals surface area contributed by atoms with E-state index < -0.39 is 6.10 Å². The van der Waals surface area contributed by atoms with E-state index in [1.54, 1.807) is 24.7 Å². The van der Waals surface area contributed by atoms with Crippen LogP contribution >= 0.6 is 0 Å². The van der Waals surface area contributed by atoms with Crippen LogP contribution in [0.5, 0.6) is 5.75 Å². The number of ether oxygens (including phenoxy) is 2. The Morgan fingerprint density at radius 3 is 2.61 bits per heavy atom. The van der Waals surface area contributed by atoms with Gasteiger partial charge in [-0.3, -0.25) is 9.59 Å². The first kappa shape index (κ1) is 22.5. The summed E-state index contributed by atoms with van der Waals surface area (Å²) in [5.74, 6) is 0.756. The Morgan fingerprint density at radius 2 is 2.00 bits per heavy atom. The second kappa shape index (κ2) is 9.31. The number of fused-ring (bicyclic) bond motifs is 4. The quantitative estimate of drug-likeness (QED) is 0.474. The van der Waals surface area contributed by atoms with Crippen LogP contribution in [-0.2, 0) is 29.1 Å². The fraction of sp³-hybridized carbons (Fsp3) is 0.375. The Kier molecular flexibility index (Phi) is 6.75. The lowest BCUT2D eigenvalue weighted by atomic mass is 9.98. The van der Waals surface area contributed by atoms with Crippen LogP contribution in [0.25, 0.3) is 22.3 Å². The Morgan fingerprint density at radius 1 is 1.26 bits per heavy atom. The summed E-state index contributed by atoms with van der Waals surface area (Å²) in [5.41, 5.74) is 4.82. The molecule has 0 amide bonds. The lowest BCUT2D eigenvalue weighted by Gasteiger charge is -2.14. The number of hydrogen-bond acceptors (Lipinski definition) is 6. The Balaban J connectivity index is 0.00000132. The van der Waals surface area contributed by atoms with Crippen LogP contribution in [0, 0.1) is 0 Å². The van der Waals surface area contributed by atoms with Crippen molar-refractivity contribution in [3.8, 4) is 17.1 Å². The number of carbonyl (C=O) groups is 1. The molecular formula is C24H28N2O5. The van der Waals surface area contributed by atoms with E-state index in [2.05, 4.69) is 6.92 Å². The highest BCUT2D eigenvalue weighted by Gasteiger charge is 2.28. The van der Waals surface area contributed by atoms with E-state index in [4.69, 9.17) is 14.5 Å². The van der Waals surface area contributed by atoms with Crippen LogP contribution in [0.2, 0.25) is 0 Å². The van der Waals surface area contributed by atoms with Crippen LogP contribution in [0.3, 0.4) is 0 Å². The summed E-state index contributed by atoms with van der Waals surface area (Å²) < 4.78 is 11.8. The highest BCUT2D eigenvalue weighted by Crippen LogP contribution is 2.37. The molecule has 1 aliphatic rings. The molecule has 31 heavy (non-hydrogen) atoms. The SMILES string of the molecule is CC.CCc1c2c(nc3ccc(OC)cc13)-c1cc(C(C)O)c(COC=O)c(=O)n1C2. The van der Waals surface area contributed by atoms with Gasteiger partial charge in [0, 0.05) is 10.9 Å². The summed E-state index contributed by atoms with van der Waals surface area (Å²) in [4.78, 5) is 28.6. The monoisotopic (exact) mass is 424 g/mol. The normalized spacial score (nSPS) is 12.5. The number of carbonyl (C=O) groups excluding carboxylic acids is 1. The van der Waals surface area contributed by atoms with Crippen molar-refractivity contribution in [3.63, 3.8) is 0 Å². The van der Waals surface area contributed by atoms with Gasteiger partial charge in [0.25, 0.3) is 12.0 Å². The maximum Gasteiger partial charge on any atom is 0.293 e. The van der Waals surface area contributed by atoms with E-state index in [1.807, 2.05) is 32.0 Å². The molecule has 1 aliphatic heterocycles. The molecule has 1 atom stereocenters. The topological polar surface area (TPSA) is 90.7 Å². The minimum Gasteiger partial charge on any atom is -0.497 e. The average Bonchev–Trinajstić information content (AvgIpc) is 3.16. The highest BCUT2D eigenvalue weighted by molar-refractivity contribution is 5.89. The molecular weight excluding hydrogens is 396 g/mol. The largest absolute Gasteiger partial charge is 0.497 e. The molecule has 0 radical (unpaired) electrons. The number of aliphatic hydroxyl groups is 1. The van der Waals surface area contributed by atoms with Crippen LogP contribution in [-0.4, -0.2) is 28.2 Å². The fourth-order valence-corrected chi connectivity index (χ4v) is 4.12. The average molecular weight is 424 g/mol. The molecule has 0 saturated heterocycles. The zero-order valence-corrected chi connectivity index (χ0v) is 18.6. The number of nitrogens with zero attached hydrogens (tertiary/aromatic N) is 2. The minimum atomic E-state index is -0.877. The van der Waals surface area contributed by atoms with Crippen molar-refractivity contribution in [1.29, 1.82) is 0 Å². The predicted molar refractivity (Wildman–Crippen MR) is 119 cm³/mol. The molecule has 1 aromatic carbocycles. The van der Waals surface area contributed by atoms with Gasteiger partial charge < -0.3 is 19.1 Å². The minimum absolute atomic E-state index is 0.174. The van der Waals surface area contributed by atoms with Crippen molar-refractivity contribution in [2.45, 2.75) is 53.4 Å². The Labute approximate surface area is 181 Å². The lowest BCUT2D eigenvalue weighted by molar-refractivity contribution is -0.129. The third kappa shape index (κ3) is 3.81. The van der Waals surface area contributed by atoms with Crippen molar-refractivity contribution >= 4 is 17.4 Å². The van der Waals surface area contributed by atoms with Crippen molar-refractivity contribution in [3.05, 3.63) is 56.9 Å². The van der Waals surface area contributed by atoms with Crippen molar-refractivity contribution in [2.24, 2.45) is 0 Å². The maximum atomic E-state index is 13.2. The summed E-state index contributed by atoms with van der Waals surface area (Å²) >= 11 is 0. The molecule has 4 rings (SSSR count). The molecule has 0 saturated carbocycles. The summed E-state index contributed by atoms with van der Waals surface area (Å²) in [6, 6.07) is 7.53. The standard InChI is InChI=1S/C22H22N2O5.C2H6/c1-4-14-16-7-13(28-3)5-6-19(16)23-21-17(14)9-24-20(21)8-15(12(2)26)18(22(24)27)10-29-11-25;1-2/h5-8,11-12,26H,4,9-10H2,1-3H3;1-2H3. The number of aryl methyl sites for hydroxylation is 1. The van der Waals surface area contributed by atoms with Gasteiger partial charge in [0.1, 0.15) is 12.4 Å². The van der Waals surface area contributed by atoms with Gasteiger partial charge >= 0.3 is 0 Å². The van der Waals surface area contributed by atoms with E-state index in [-0.39, 0.29) is 17.7 Å². The molecule has 0 fully saturated rings. The number of rotatable bonds is 6. The molecule has 0 aliphatic carbocycles. The van der Waals surface area contributed by atoms with Gasteiger partial charge in [-0.05, 0) is 48.7 Å². The summed E-state index contributed by atoms with van der Waals surface area (Å²) in [5, 5.41) is 11.2. The summed E-state index contributed by atoms with van der Waals surface area (Å²) in [6.07, 6.45) is -0.0972. The second-order valence-corrected chi connectivity index (χ2v) is 7.09. The van der Waals surface area contributed by atoms with Gasteiger partial charge in [-0.15, -0.1) is 0 Å². The smallest absolute Gasteiger partial charge is 0.293 e. The van der Waals surface area contributed by atoms with E-state index in [9.17, 15) is 14.7 Å². The molecule has 0 spiro atoms. The number of methoxy groups -OCH3 is 1. The first-order valence-electron chi connectivity index (χ1n) is 10.5. The van der Waals surface area contributed by atoms with Crippen molar-refractivity contribution < 1.29 is 19.4 Å². The van der Waals surface area contributed by atoms with Crippen LogP contribution in [0.1, 0.15) is 56.1 Å². The van der Waals surface area contributed by atoms with Crippen LogP contribution < -0.4 is 10.3 Å². The fourth-order valence-electron chi connectivity index (χ4n) is 4.12. The number of aromatic nitrogens is 2. The third-order valence-electron chi connectivity index (χ3n) is 5.50. The first-order chi connectivity index (χ1) is 15.0. The van der Waals surface area contributed by atoms with Crippen LogP contribution in [0.15, 0.2) is 29.1 Å². The van der Waals surface area contributed by atoms with Gasteiger partial charge in [0.15, 0.2) is 0 Å². The predicted octanol–water partition coefficient (Wildman–Crippen LogP) is 3.75. The molecule has 0 bridgehead atoms. The molecule has 3 heterocycles. The first-order valence-corrected chi connectivity index (χ1v) is 10.5. The molecule has 1 N–H and O–H groups in total. The summed E-state index contributed by atoms with van der Waals surface area (Å²) in [6.45, 7) is 8.18. The van der Waals surface area contributed by atoms with Crippen molar-refractivity contribution in [2.75, 3.05) is 7.11 Å². The Bertz CT molecular complexity index is 1180. The zero-order chi connectivity index (χ0) is 22.7. The van der Waals surface area contributed by atoms with Gasteiger partial charge in [-0.1, -0.05) is 20.8 Å². The number of aliphatic hydroxyl groups excluding tert-OH is 1. The van der Waals surface area contributed by atoms with Gasteiger partial charge in [-0.2, -0.15) is 0 Å². The van der Waals surface area contributed by atoms with Gasteiger partial charge in [0.05, 0.1) is 42.2 Å². The summed E-state index contributed by atoms with van der Waals surface area (Å²) in [7, 11) is 1.63. The van der Waals surface area contributed by atoms with Crippen LogP contribution in [0.4, 0.5) is 0 Å². The van der Waals surface area contributed by atoms with Gasteiger partial charge in [-0.25, -0.2) is 4.98 Å². The van der Waals surface area contributed by atoms with Gasteiger partial charge in [0.2, 0.25) is 0 Å². The molecule has 3 aromatic rings. The molecule has 164 valence electrons. The Hall–Kier alpha value is -3.19. The van der Waals surface area contributed by atoms with E-state index in [0.717, 1.165) is 39.9 Å². The molecule has 7 heteroatoms. The molecule has 1 unspecified atom stereocenters. The second-order valence-electron chi connectivity index (χ2n) is 7.09.